The molecule has 0 N–H and O–H groups in total. The number of rotatable bonds is 5. The lowest BCUT2D eigenvalue weighted by Crippen LogP contribution is -3.00. The summed E-state index contributed by atoms with van der Waals surface area (Å²) in [5, 5.41) is 0. The molecule has 0 aliphatic rings. The summed E-state index contributed by atoms with van der Waals surface area (Å²) in [7, 11) is 2.36. The second-order valence-electron chi connectivity index (χ2n) is 4.45. The van der Waals surface area contributed by atoms with Crippen molar-refractivity contribution in [2.75, 3.05) is 20.1 Å². The third kappa shape index (κ3) is 3.23. The van der Waals surface area contributed by atoms with E-state index >= 15 is 0 Å². The lowest BCUT2D eigenvalue weighted by Gasteiger charge is -2.40. The molecule has 1 nitrogen and oxygen atoms in total. The van der Waals surface area contributed by atoms with Gasteiger partial charge < -0.3 is 16.9 Å². The Morgan fingerprint density at radius 1 is 1.00 bits per heavy atom. The van der Waals surface area contributed by atoms with E-state index in [1.807, 2.05) is 0 Å². The Morgan fingerprint density at radius 2 is 1.50 bits per heavy atom. The predicted molar refractivity (Wildman–Crippen MR) is 66.7 cm³/mol. The predicted octanol–water partition coefficient (Wildman–Crippen LogP) is 0.628. The molecular weight excluding hydrogens is 218 g/mol. The van der Waals surface area contributed by atoms with Gasteiger partial charge in [0.25, 0.3) is 0 Å². The summed E-state index contributed by atoms with van der Waals surface area (Å²) in [5.41, 5.74) is 1.48. The molecule has 1 aromatic carbocycles. The Kier molecular flexibility index (Phi) is 6.70. The van der Waals surface area contributed by atoms with Crippen LogP contribution >= 0.6 is 0 Å². The molecule has 0 saturated heterocycles. The quantitative estimate of drug-likeness (QED) is 0.664. The van der Waals surface area contributed by atoms with Gasteiger partial charge in [0.2, 0.25) is 0 Å². The minimum atomic E-state index is 0. The number of hydrogen-bond donors (Lipinski definition) is 0. The number of nitrogens with zero attached hydrogens (tertiary/aromatic N) is 1. The van der Waals surface area contributed by atoms with Crippen LogP contribution in [0, 0.1) is 0 Å². The number of halogens is 1. The van der Waals surface area contributed by atoms with Crippen molar-refractivity contribution < 1.29 is 16.9 Å². The third-order valence-corrected chi connectivity index (χ3v) is 3.77. The summed E-state index contributed by atoms with van der Waals surface area (Å²) in [6.45, 7) is 9.26. The second kappa shape index (κ2) is 6.93. The van der Waals surface area contributed by atoms with Gasteiger partial charge in [0, 0.05) is 12.0 Å². The molecular formula is C14H24ClN. The van der Waals surface area contributed by atoms with Gasteiger partial charge in [0.15, 0.2) is 0 Å². The van der Waals surface area contributed by atoms with E-state index in [0.717, 1.165) is 4.48 Å². The van der Waals surface area contributed by atoms with Gasteiger partial charge in [-0.25, -0.2) is 0 Å². The highest BCUT2D eigenvalue weighted by Crippen LogP contribution is 2.29. The second-order valence-corrected chi connectivity index (χ2v) is 4.45. The largest absolute Gasteiger partial charge is 1.00 e. The van der Waals surface area contributed by atoms with Gasteiger partial charge in [-0.15, -0.1) is 0 Å². The molecule has 0 bridgehead atoms. The molecule has 1 aromatic rings. The van der Waals surface area contributed by atoms with Crippen molar-refractivity contribution in [3.8, 4) is 0 Å². The van der Waals surface area contributed by atoms with Crippen LogP contribution in [0.5, 0.6) is 0 Å². The van der Waals surface area contributed by atoms with Crippen LogP contribution in [-0.4, -0.2) is 24.6 Å². The van der Waals surface area contributed by atoms with Gasteiger partial charge in [-0.2, -0.15) is 0 Å². The first-order valence-corrected chi connectivity index (χ1v) is 6.07. The molecule has 16 heavy (non-hydrogen) atoms. The van der Waals surface area contributed by atoms with E-state index < -0.39 is 0 Å². The molecule has 0 aromatic heterocycles. The highest BCUT2D eigenvalue weighted by atomic mass is 35.5. The van der Waals surface area contributed by atoms with Crippen molar-refractivity contribution in [3.05, 3.63) is 35.9 Å². The Hall–Kier alpha value is -0.530. The molecule has 0 aliphatic carbocycles. The van der Waals surface area contributed by atoms with Crippen LogP contribution in [0.1, 0.15) is 38.8 Å². The van der Waals surface area contributed by atoms with E-state index in [-0.39, 0.29) is 12.4 Å². The molecule has 0 spiro atoms. The normalized spacial score (nSPS) is 13.0. The first kappa shape index (κ1) is 15.5. The Bertz CT molecular complexity index is 280. The maximum Gasteiger partial charge on any atom is 0.114 e. The monoisotopic (exact) mass is 241 g/mol. The van der Waals surface area contributed by atoms with Crippen molar-refractivity contribution in [3.63, 3.8) is 0 Å². The zero-order valence-corrected chi connectivity index (χ0v) is 11.7. The number of quaternary nitrogens is 1. The molecule has 2 heteroatoms. The van der Waals surface area contributed by atoms with Gasteiger partial charge in [0.05, 0.1) is 20.1 Å². The lowest BCUT2D eigenvalue weighted by molar-refractivity contribution is -0.936. The van der Waals surface area contributed by atoms with Crippen LogP contribution in [0.3, 0.4) is 0 Å². The summed E-state index contributed by atoms with van der Waals surface area (Å²) in [6, 6.07) is 11.5. The topological polar surface area (TPSA) is 0 Å². The van der Waals surface area contributed by atoms with Crippen LogP contribution < -0.4 is 12.4 Å². The SMILES string of the molecule is CCC(c1ccccc1)[N+](C)(CC)CC.[Cl-]. The van der Waals surface area contributed by atoms with Gasteiger partial charge in [-0.3, -0.25) is 0 Å². The van der Waals surface area contributed by atoms with Gasteiger partial charge in [-0.05, 0) is 13.8 Å². The highest BCUT2D eigenvalue weighted by molar-refractivity contribution is 5.17. The van der Waals surface area contributed by atoms with Crippen molar-refractivity contribution in [1.82, 2.24) is 0 Å². The smallest absolute Gasteiger partial charge is 0.114 e. The van der Waals surface area contributed by atoms with E-state index in [1.165, 1.54) is 25.1 Å². The average molecular weight is 242 g/mol. The maximum absolute atomic E-state index is 2.36. The van der Waals surface area contributed by atoms with E-state index in [2.05, 4.69) is 58.2 Å². The van der Waals surface area contributed by atoms with Crippen molar-refractivity contribution in [2.24, 2.45) is 0 Å². The number of hydrogen-bond acceptors (Lipinski definition) is 0. The summed E-state index contributed by atoms with van der Waals surface area (Å²) >= 11 is 0. The molecule has 0 fully saturated rings. The first-order chi connectivity index (χ1) is 7.18. The van der Waals surface area contributed by atoms with Gasteiger partial charge >= 0.3 is 0 Å². The molecule has 92 valence electrons. The molecule has 1 atom stereocenters. The fourth-order valence-electron chi connectivity index (χ4n) is 2.38. The minimum Gasteiger partial charge on any atom is -1.00 e. The van der Waals surface area contributed by atoms with Crippen molar-refractivity contribution >= 4 is 0 Å². The summed E-state index contributed by atoms with van der Waals surface area (Å²) in [5.74, 6) is 0. The third-order valence-electron chi connectivity index (χ3n) is 3.77. The van der Waals surface area contributed by atoms with Gasteiger partial charge in [-0.1, -0.05) is 37.3 Å². The summed E-state index contributed by atoms with van der Waals surface area (Å²) < 4.78 is 1.14. The molecule has 0 aliphatic heterocycles. The van der Waals surface area contributed by atoms with E-state index in [0.29, 0.717) is 6.04 Å². The van der Waals surface area contributed by atoms with Gasteiger partial charge in [0.1, 0.15) is 6.04 Å². The van der Waals surface area contributed by atoms with E-state index in [9.17, 15) is 0 Å². The zero-order valence-electron chi connectivity index (χ0n) is 10.9. The van der Waals surface area contributed by atoms with Crippen LogP contribution in [0.25, 0.3) is 0 Å². The van der Waals surface area contributed by atoms with E-state index in [1.54, 1.807) is 0 Å². The zero-order chi connectivity index (χ0) is 11.3. The maximum atomic E-state index is 2.36. The van der Waals surface area contributed by atoms with Crippen molar-refractivity contribution in [2.45, 2.75) is 33.2 Å². The van der Waals surface area contributed by atoms with Crippen molar-refractivity contribution in [1.29, 1.82) is 0 Å². The fraction of sp³-hybridized carbons (Fsp3) is 0.571. The average Bonchev–Trinajstić information content (AvgIpc) is 2.31. The molecule has 0 heterocycles. The summed E-state index contributed by atoms with van der Waals surface area (Å²) in [4.78, 5) is 0. The van der Waals surface area contributed by atoms with Crippen LogP contribution in [0.4, 0.5) is 0 Å². The Balaban J connectivity index is 0.00000225. The van der Waals surface area contributed by atoms with Crippen LogP contribution in [0.2, 0.25) is 0 Å². The standard InChI is InChI=1S/C14H24N.ClH/c1-5-14(15(4,6-2)7-3)13-11-9-8-10-12-13;/h8-12,14H,5-7H2,1-4H3;1H/q+1;/p-1. The molecule has 0 radical (unpaired) electrons. The highest BCUT2D eigenvalue weighted by Gasteiger charge is 2.28. The molecule has 1 rings (SSSR count). The first-order valence-electron chi connectivity index (χ1n) is 6.07. The Morgan fingerprint density at radius 3 is 1.88 bits per heavy atom. The number of benzene rings is 1. The van der Waals surface area contributed by atoms with Crippen LogP contribution in [0.15, 0.2) is 30.3 Å². The van der Waals surface area contributed by atoms with Crippen LogP contribution in [-0.2, 0) is 0 Å². The molecule has 1 unspecified atom stereocenters. The lowest BCUT2D eigenvalue weighted by atomic mass is 10.0. The fourth-order valence-corrected chi connectivity index (χ4v) is 2.38. The molecule has 0 saturated carbocycles. The minimum absolute atomic E-state index is 0. The van der Waals surface area contributed by atoms with E-state index in [4.69, 9.17) is 0 Å². The molecule has 0 amide bonds. The Labute approximate surface area is 106 Å². The summed E-state index contributed by atoms with van der Waals surface area (Å²) in [6.07, 6.45) is 1.21.